The fourth-order valence-corrected chi connectivity index (χ4v) is 2.98. The summed E-state index contributed by atoms with van der Waals surface area (Å²) in [5.74, 6) is 0.686. The largest absolute Gasteiger partial charge is 0.496 e. The van der Waals surface area contributed by atoms with E-state index in [0.29, 0.717) is 5.56 Å². The molecule has 3 rings (SSSR count). The highest BCUT2D eigenvalue weighted by Crippen LogP contribution is 2.26. The average molecular weight is 322 g/mol. The van der Waals surface area contributed by atoms with Crippen molar-refractivity contribution in [1.82, 2.24) is 10.3 Å². The van der Waals surface area contributed by atoms with Gasteiger partial charge in [-0.15, -0.1) is 0 Å². The zero-order valence-corrected chi connectivity index (χ0v) is 14.4. The van der Waals surface area contributed by atoms with E-state index in [-0.39, 0.29) is 11.9 Å². The molecule has 1 amide bonds. The first-order valence-corrected chi connectivity index (χ1v) is 8.04. The van der Waals surface area contributed by atoms with Crippen molar-refractivity contribution in [3.63, 3.8) is 0 Å². The summed E-state index contributed by atoms with van der Waals surface area (Å²) < 4.78 is 5.37. The van der Waals surface area contributed by atoms with E-state index in [4.69, 9.17) is 4.74 Å². The van der Waals surface area contributed by atoms with Gasteiger partial charge in [0.25, 0.3) is 5.91 Å². The van der Waals surface area contributed by atoms with Gasteiger partial charge in [-0.25, -0.2) is 0 Å². The second-order valence-electron chi connectivity index (χ2n) is 6.07. The predicted molar refractivity (Wildman–Crippen MR) is 96.6 cm³/mol. The summed E-state index contributed by atoms with van der Waals surface area (Å²) in [4.78, 5) is 16.0. The number of ether oxygens (including phenoxy) is 1. The van der Waals surface area contributed by atoms with Gasteiger partial charge in [-0.2, -0.15) is 0 Å². The number of hydrogen-bond acceptors (Lipinski definition) is 2. The van der Waals surface area contributed by atoms with Crippen LogP contribution >= 0.6 is 0 Å². The van der Waals surface area contributed by atoms with Crippen molar-refractivity contribution < 1.29 is 9.53 Å². The molecule has 1 aromatic heterocycles. The Labute approximate surface area is 141 Å². The Hall–Kier alpha value is -2.75. The zero-order valence-electron chi connectivity index (χ0n) is 14.4. The van der Waals surface area contributed by atoms with Crippen molar-refractivity contribution in [2.75, 3.05) is 7.11 Å². The Morgan fingerprint density at radius 1 is 1.17 bits per heavy atom. The first-order valence-electron chi connectivity index (χ1n) is 8.04. The lowest BCUT2D eigenvalue weighted by atomic mass is 10.1. The van der Waals surface area contributed by atoms with Crippen LogP contribution in [0, 0.1) is 13.8 Å². The van der Waals surface area contributed by atoms with Crippen LogP contribution in [0.15, 0.2) is 42.5 Å². The number of rotatable bonds is 4. The predicted octanol–water partition coefficient (Wildman–Crippen LogP) is 4.28. The Morgan fingerprint density at radius 3 is 2.67 bits per heavy atom. The second-order valence-corrected chi connectivity index (χ2v) is 6.07. The Kier molecular flexibility index (Phi) is 4.30. The maximum Gasteiger partial charge on any atom is 0.251 e. The smallest absolute Gasteiger partial charge is 0.251 e. The molecule has 0 aliphatic carbocycles. The van der Waals surface area contributed by atoms with Crippen LogP contribution in [0.3, 0.4) is 0 Å². The lowest BCUT2D eigenvalue weighted by Crippen LogP contribution is -2.26. The molecule has 1 atom stereocenters. The third-order valence-electron chi connectivity index (χ3n) is 4.52. The Balaban J connectivity index is 1.85. The number of H-pyrrole nitrogens is 1. The minimum Gasteiger partial charge on any atom is -0.496 e. The molecule has 0 aliphatic rings. The topological polar surface area (TPSA) is 54.1 Å². The number of carbonyl (C=O) groups excluding carboxylic acids is 1. The first kappa shape index (κ1) is 16.1. The molecule has 0 bridgehead atoms. The van der Waals surface area contributed by atoms with Gasteiger partial charge in [0.15, 0.2) is 0 Å². The van der Waals surface area contributed by atoms with Crippen LogP contribution in [0.5, 0.6) is 5.75 Å². The van der Waals surface area contributed by atoms with Crippen molar-refractivity contribution in [2.45, 2.75) is 26.8 Å². The number of nitrogens with one attached hydrogen (secondary N) is 2. The van der Waals surface area contributed by atoms with Gasteiger partial charge in [0, 0.05) is 27.7 Å². The molecule has 124 valence electrons. The number of amides is 1. The third-order valence-corrected chi connectivity index (χ3v) is 4.52. The van der Waals surface area contributed by atoms with Crippen LogP contribution in [0.4, 0.5) is 0 Å². The van der Waals surface area contributed by atoms with E-state index in [1.165, 1.54) is 5.56 Å². The quantitative estimate of drug-likeness (QED) is 0.753. The second kappa shape index (κ2) is 6.40. The molecule has 24 heavy (non-hydrogen) atoms. The SMILES string of the molecule is COc1ccccc1C(C)NC(=O)c1ccc2[nH]c(C)c(C)c2c1. The number of aromatic nitrogens is 1. The molecule has 0 saturated heterocycles. The van der Waals surface area contributed by atoms with Gasteiger partial charge in [-0.05, 0) is 50.6 Å². The number of aromatic amines is 1. The van der Waals surface area contributed by atoms with Crippen LogP contribution in [-0.4, -0.2) is 18.0 Å². The van der Waals surface area contributed by atoms with Gasteiger partial charge in [0.05, 0.1) is 13.2 Å². The molecular weight excluding hydrogens is 300 g/mol. The molecule has 3 aromatic rings. The molecule has 0 spiro atoms. The molecule has 1 heterocycles. The van der Waals surface area contributed by atoms with Crippen LogP contribution in [-0.2, 0) is 0 Å². The van der Waals surface area contributed by atoms with Gasteiger partial charge in [0.1, 0.15) is 5.75 Å². The molecule has 0 radical (unpaired) electrons. The van der Waals surface area contributed by atoms with E-state index >= 15 is 0 Å². The number of benzene rings is 2. The Morgan fingerprint density at radius 2 is 1.92 bits per heavy atom. The number of fused-ring (bicyclic) bond motifs is 1. The molecular formula is C20H22N2O2. The standard InChI is InChI=1S/C20H22N2O2/c1-12-13(2)21-18-10-9-15(11-17(12)18)20(23)22-14(3)16-7-5-6-8-19(16)24-4/h5-11,14,21H,1-4H3,(H,22,23). The molecule has 1 unspecified atom stereocenters. The van der Waals surface area contributed by atoms with Gasteiger partial charge >= 0.3 is 0 Å². The number of hydrogen-bond donors (Lipinski definition) is 2. The summed E-state index contributed by atoms with van der Waals surface area (Å²) >= 11 is 0. The van der Waals surface area contributed by atoms with Crippen molar-refractivity contribution in [1.29, 1.82) is 0 Å². The van der Waals surface area contributed by atoms with Gasteiger partial charge in [-0.1, -0.05) is 18.2 Å². The molecule has 0 saturated carbocycles. The van der Waals surface area contributed by atoms with Gasteiger partial charge < -0.3 is 15.0 Å². The molecule has 2 N–H and O–H groups in total. The van der Waals surface area contributed by atoms with E-state index in [0.717, 1.165) is 27.9 Å². The lowest BCUT2D eigenvalue weighted by Gasteiger charge is -2.17. The van der Waals surface area contributed by atoms with Crippen LogP contribution < -0.4 is 10.1 Å². The summed E-state index contributed by atoms with van der Waals surface area (Å²) in [5, 5.41) is 4.14. The van der Waals surface area contributed by atoms with Crippen molar-refractivity contribution in [2.24, 2.45) is 0 Å². The molecule has 0 fully saturated rings. The van der Waals surface area contributed by atoms with Crippen molar-refractivity contribution >= 4 is 16.8 Å². The van der Waals surface area contributed by atoms with E-state index in [9.17, 15) is 4.79 Å². The van der Waals surface area contributed by atoms with Crippen molar-refractivity contribution in [3.8, 4) is 5.75 Å². The molecule has 4 heteroatoms. The monoisotopic (exact) mass is 322 g/mol. The van der Waals surface area contributed by atoms with E-state index < -0.39 is 0 Å². The summed E-state index contributed by atoms with van der Waals surface area (Å²) in [6.07, 6.45) is 0. The maximum absolute atomic E-state index is 12.6. The zero-order chi connectivity index (χ0) is 17.3. The summed E-state index contributed by atoms with van der Waals surface area (Å²) in [5.41, 5.74) is 4.98. The van der Waals surface area contributed by atoms with E-state index in [1.54, 1.807) is 7.11 Å². The Bertz CT molecular complexity index is 896. The normalized spacial score (nSPS) is 12.2. The highest BCUT2D eigenvalue weighted by molar-refractivity contribution is 5.99. The minimum absolute atomic E-state index is 0.0893. The number of methoxy groups -OCH3 is 1. The van der Waals surface area contributed by atoms with E-state index in [2.05, 4.69) is 17.2 Å². The van der Waals surface area contributed by atoms with Gasteiger partial charge in [-0.3, -0.25) is 4.79 Å². The molecule has 0 aliphatic heterocycles. The van der Waals surface area contributed by atoms with E-state index in [1.807, 2.05) is 56.3 Å². The number of aryl methyl sites for hydroxylation is 2. The summed E-state index contributed by atoms with van der Waals surface area (Å²) in [6.45, 7) is 6.06. The fraction of sp³-hybridized carbons (Fsp3) is 0.250. The third kappa shape index (κ3) is 2.87. The molecule has 2 aromatic carbocycles. The first-order chi connectivity index (χ1) is 11.5. The maximum atomic E-state index is 12.6. The number of carbonyl (C=O) groups is 1. The highest BCUT2D eigenvalue weighted by Gasteiger charge is 2.16. The van der Waals surface area contributed by atoms with Crippen LogP contribution in [0.25, 0.3) is 10.9 Å². The fourth-order valence-electron chi connectivity index (χ4n) is 2.98. The highest BCUT2D eigenvalue weighted by atomic mass is 16.5. The van der Waals surface area contributed by atoms with Crippen molar-refractivity contribution in [3.05, 3.63) is 64.8 Å². The summed E-state index contributed by atoms with van der Waals surface area (Å²) in [7, 11) is 1.64. The lowest BCUT2D eigenvalue weighted by molar-refractivity contribution is 0.0939. The van der Waals surface area contributed by atoms with Gasteiger partial charge in [0.2, 0.25) is 0 Å². The van der Waals surface area contributed by atoms with Crippen LogP contribution in [0.2, 0.25) is 0 Å². The van der Waals surface area contributed by atoms with Crippen LogP contribution in [0.1, 0.15) is 40.1 Å². The molecule has 4 nitrogen and oxygen atoms in total. The minimum atomic E-state index is -0.140. The summed E-state index contributed by atoms with van der Waals surface area (Å²) in [6, 6.07) is 13.3. The average Bonchev–Trinajstić information content (AvgIpc) is 2.88. The number of para-hydroxylation sites is 1.